The number of methoxy groups -OCH3 is 1. The first kappa shape index (κ1) is 12.8. The molecule has 0 aromatic heterocycles. The van der Waals surface area contributed by atoms with Crippen LogP contribution in [-0.4, -0.2) is 38.3 Å². The largest absolute Gasteiger partial charge is 0.379 e. The number of carbonyl (C=O) groups is 1. The Hall–Kier alpha value is -0.610. The first-order valence-electron chi connectivity index (χ1n) is 6.74. The number of piperidine rings is 1. The minimum atomic E-state index is 0.136. The normalized spacial score (nSPS) is 38.0. The summed E-state index contributed by atoms with van der Waals surface area (Å²) in [4.78, 5) is 12.2. The van der Waals surface area contributed by atoms with Gasteiger partial charge in [-0.25, -0.2) is 0 Å². The van der Waals surface area contributed by atoms with E-state index in [1.807, 2.05) is 0 Å². The average Bonchev–Trinajstić information content (AvgIpc) is 2.76. The second kappa shape index (κ2) is 5.83. The van der Waals surface area contributed by atoms with Gasteiger partial charge in [-0.15, -0.1) is 0 Å². The maximum atomic E-state index is 12.2. The van der Waals surface area contributed by atoms with Crippen LogP contribution in [0.25, 0.3) is 0 Å². The summed E-state index contributed by atoms with van der Waals surface area (Å²) in [6.45, 7) is 4.05. The van der Waals surface area contributed by atoms with Crippen LogP contribution < -0.4 is 10.6 Å². The van der Waals surface area contributed by atoms with E-state index in [0.717, 1.165) is 38.8 Å². The summed E-state index contributed by atoms with van der Waals surface area (Å²) >= 11 is 0. The van der Waals surface area contributed by atoms with Gasteiger partial charge in [0.25, 0.3) is 0 Å². The highest BCUT2D eigenvalue weighted by molar-refractivity contribution is 5.79. The lowest BCUT2D eigenvalue weighted by atomic mass is 9.91. The molecule has 2 rings (SSSR count). The van der Waals surface area contributed by atoms with Crippen molar-refractivity contribution in [2.45, 2.75) is 44.8 Å². The number of carbonyl (C=O) groups excluding carboxylic acids is 1. The Bertz CT molecular complexity index is 270. The van der Waals surface area contributed by atoms with E-state index >= 15 is 0 Å². The Morgan fingerprint density at radius 2 is 2.18 bits per heavy atom. The fraction of sp³-hybridized carbons (Fsp3) is 0.923. The molecule has 1 aliphatic carbocycles. The third kappa shape index (κ3) is 3.19. The van der Waals surface area contributed by atoms with Gasteiger partial charge in [-0.1, -0.05) is 6.92 Å². The average molecular weight is 240 g/mol. The molecule has 1 aliphatic heterocycles. The van der Waals surface area contributed by atoms with Crippen LogP contribution in [0.5, 0.6) is 0 Å². The van der Waals surface area contributed by atoms with Gasteiger partial charge in [0.15, 0.2) is 0 Å². The van der Waals surface area contributed by atoms with E-state index < -0.39 is 0 Å². The van der Waals surface area contributed by atoms with Crippen molar-refractivity contribution in [1.29, 1.82) is 0 Å². The highest BCUT2D eigenvalue weighted by Crippen LogP contribution is 2.23. The molecule has 4 atom stereocenters. The second-order valence-corrected chi connectivity index (χ2v) is 5.52. The summed E-state index contributed by atoms with van der Waals surface area (Å²) in [5, 5.41) is 6.49. The van der Waals surface area contributed by atoms with Crippen LogP contribution in [-0.2, 0) is 9.53 Å². The molecular weight excluding hydrogens is 216 g/mol. The summed E-state index contributed by atoms with van der Waals surface area (Å²) in [6, 6.07) is 0.227. The van der Waals surface area contributed by atoms with Crippen molar-refractivity contribution < 1.29 is 9.53 Å². The highest BCUT2D eigenvalue weighted by atomic mass is 16.5. The standard InChI is InChI=1S/C13H24N2O2/c1-9-6-10(8-14-7-9)13(16)15-11-4-3-5-12(11)17-2/h9-12,14H,3-8H2,1-2H3,(H,15,16). The number of amides is 1. The Kier molecular flexibility index (Phi) is 4.40. The van der Waals surface area contributed by atoms with Crippen molar-refractivity contribution >= 4 is 5.91 Å². The molecule has 98 valence electrons. The van der Waals surface area contributed by atoms with Crippen molar-refractivity contribution in [3.63, 3.8) is 0 Å². The van der Waals surface area contributed by atoms with Gasteiger partial charge in [0.05, 0.1) is 18.1 Å². The first-order valence-corrected chi connectivity index (χ1v) is 6.74. The van der Waals surface area contributed by atoms with Crippen molar-refractivity contribution in [3.8, 4) is 0 Å². The van der Waals surface area contributed by atoms with Gasteiger partial charge in [0.2, 0.25) is 5.91 Å². The second-order valence-electron chi connectivity index (χ2n) is 5.52. The molecule has 1 saturated carbocycles. The van der Waals surface area contributed by atoms with Crippen LogP contribution in [0.1, 0.15) is 32.6 Å². The predicted molar refractivity (Wildman–Crippen MR) is 66.7 cm³/mol. The quantitative estimate of drug-likeness (QED) is 0.771. The Morgan fingerprint density at radius 1 is 1.35 bits per heavy atom. The molecule has 0 spiro atoms. The summed E-state index contributed by atoms with van der Waals surface area (Å²) in [6.07, 6.45) is 4.50. The molecule has 0 aromatic rings. The van der Waals surface area contributed by atoms with Gasteiger partial charge in [-0.05, 0) is 38.1 Å². The summed E-state index contributed by atoms with van der Waals surface area (Å²) in [5.41, 5.74) is 0. The summed E-state index contributed by atoms with van der Waals surface area (Å²) < 4.78 is 5.40. The monoisotopic (exact) mass is 240 g/mol. The lowest BCUT2D eigenvalue weighted by molar-refractivity contribution is -0.127. The SMILES string of the molecule is COC1CCCC1NC(=O)C1CNCC(C)C1. The third-order valence-corrected chi connectivity index (χ3v) is 4.02. The number of hydrogen-bond donors (Lipinski definition) is 2. The van der Waals surface area contributed by atoms with Gasteiger partial charge in [0, 0.05) is 13.7 Å². The molecule has 2 aliphatic rings. The maximum Gasteiger partial charge on any atom is 0.224 e. The van der Waals surface area contributed by atoms with Gasteiger partial charge in [0.1, 0.15) is 0 Å². The maximum absolute atomic E-state index is 12.2. The zero-order chi connectivity index (χ0) is 12.3. The number of rotatable bonds is 3. The molecular formula is C13H24N2O2. The predicted octanol–water partition coefficient (Wildman–Crippen LogP) is 0.916. The van der Waals surface area contributed by atoms with Crippen LogP contribution in [0.4, 0.5) is 0 Å². The van der Waals surface area contributed by atoms with Crippen molar-refractivity contribution in [2.75, 3.05) is 20.2 Å². The zero-order valence-corrected chi connectivity index (χ0v) is 10.9. The van der Waals surface area contributed by atoms with Crippen LogP contribution in [0, 0.1) is 11.8 Å². The van der Waals surface area contributed by atoms with Crippen LogP contribution >= 0.6 is 0 Å². The number of nitrogens with one attached hydrogen (secondary N) is 2. The van der Waals surface area contributed by atoms with E-state index in [0.29, 0.717) is 5.92 Å². The van der Waals surface area contributed by atoms with Gasteiger partial charge in [-0.3, -0.25) is 4.79 Å². The van der Waals surface area contributed by atoms with Crippen molar-refractivity contribution in [1.82, 2.24) is 10.6 Å². The molecule has 0 bridgehead atoms. The zero-order valence-electron chi connectivity index (χ0n) is 10.9. The minimum absolute atomic E-state index is 0.136. The first-order chi connectivity index (χ1) is 8.20. The van der Waals surface area contributed by atoms with Gasteiger partial charge < -0.3 is 15.4 Å². The Balaban J connectivity index is 1.83. The lowest BCUT2D eigenvalue weighted by Crippen LogP contribution is -2.48. The molecule has 1 amide bonds. The van der Waals surface area contributed by atoms with E-state index in [1.165, 1.54) is 0 Å². The Morgan fingerprint density at radius 3 is 2.88 bits per heavy atom. The van der Waals surface area contributed by atoms with Crippen molar-refractivity contribution in [2.24, 2.45) is 11.8 Å². The van der Waals surface area contributed by atoms with E-state index in [4.69, 9.17) is 4.74 Å². The van der Waals surface area contributed by atoms with Crippen molar-refractivity contribution in [3.05, 3.63) is 0 Å². The molecule has 0 aromatic carbocycles. The molecule has 4 heteroatoms. The summed E-state index contributed by atoms with van der Waals surface area (Å²) in [5.74, 6) is 0.941. The smallest absolute Gasteiger partial charge is 0.224 e. The molecule has 17 heavy (non-hydrogen) atoms. The fourth-order valence-electron chi connectivity index (χ4n) is 3.03. The van der Waals surface area contributed by atoms with Crippen LogP contribution in [0.2, 0.25) is 0 Å². The third-order valence-electron chi connectivity index (χ3n) is 4.02. The summed E-state index contributed by atoms with van der Waals surface area (Å²) in [7, 11) is 1.74. The van der Waals surface area contributed by atoms with E-state index in [9.17, 15) is 4.79 Å². The topological polar surface area (TPSA) is 50.4 Å². The van der Waals surface area contributed by atoms with Crippen LogP contribution in [0.3, 0.4) is 0 Å². The van der Waals surface area contributed by atoms with Gasteiger partial charge >= 0.3 is 0 Å². The molecule has 1 heterocycles. The van der Waals surface area contributed by atoms with Crippen LogP contribution in [0.15, 0.2) is 0 Å². The number of hydrogen-bond acceptors (Lipinski definition) is 3. The molecule has 4 unspecified atom stereocenters. The molecule has 0 radical (unpaired) electrons. The lowest BCUT2D eigenvalue weighted by Gasteiger charge is -2.29. The van der Waals surface area contributed by atoms with Gasteiger partial charge in [-0.2, -0.15) is 0 Å². The molecule has 1 saturated heterocycles. The number of ether oxygens (including phenoxy) is 1. The molecule has 4 nitrogen and oxygen atoms in total. The minimum Gasteiger partial charge on any atom is -0.379 e. The van der Waals surface area contributed by atoms with E-state index in [1.54, 1.807) is 7.11 Å². The molecule has 2 N–H and O–H groups in total. The highest BCUT2D eigenvalue weighted by Gasteiger charge is 2.31. The van der Waals surface area contributed by atoms with E-state index in [-0.39, 0.29) is 24.0 Å². The Labute approximate surface area is 103 Å². The molecule has 2 fully saturated rings. The van der Waals surface area contributed by atoms with E-state index in [2.05, 4.69) is 17.6 Å². The fourth-order valence-corrected chi connectivity index (χ4v) is 3.03.